The molecule has 0 bridgehead atoms. The fourth-order valence-electron chi connectivity index (χ4n) is 1.23. The Hall–Kier alpha value is -2.11. The van der Waals surface area contributed by atoms with Crippen LogP contribution in [-0.2, 0) is 0 Å². The van der Waals surface area contributed by atoms with Gasteiger partial charge in [0.2, 0.25) is 0 Å². The molecule has 1 heteroatoms. The smallest absolute Gasteiger partial charge is 0.0729 e. The highest BCUT2D eigenvalue weighted by Crippen LogP contribution is 2.08. The van der Waals surface area contributed by atoms with Gasteiger partial charge in [-0.2, -0.15) is 0 Å². The van der Waals surface area contributed by atoms with Crippen molar-refractivity contribution >= 4 is 17.6 Å². The van der Waals surface area contributed by atoms with E-state index in [9.17, 15) is 0 Å². The molecule has 0 saturated heterocycles. The van der Waals surface area contributed by atoms with Gasteiger partial charge in [0.1, 0.15) is 0 Å². The average Bonchev–Trinajstić information content (AvgIpc) is 2.32. The Labute approximate surface area is 89.4 Å². The van der Waals surface area contributed by atoms with Gasteiger partial charge in [-0.1, -0.05) is 48.5 Å². The molecule has 2 aromatic rings. The lowest BCUT2D eigenvalue weighted by Crippen LogP contribution is -1.68. The van der Waals surface area contributed by atoms with Crippen LogP contribution in [0.3, 0.4) is 0 Å². The topological polar surface area (TPSA) is 12.4 Å². The summed E-state index contributed by atoms with van der Waals surface area (Å²) in [5.74, 6) is 2.92. The number of nitrogens with zero attached hydrogens (tertiary/aromatic N) is 1. The highest BCUT2D eigenvalue weighted by atomic mass is 14.7. The van der Waals surface area contributed by atoms with Crippen molar-refractivity contribution in [3.05, 3.63) is 66.2 Å². The summed E-state index contributed by atoms with van der Waals surface area (Å²) >= 11 is 0. The normalized spacial score (nSPS) is 9.07. The molecule has 0 saturated carbocycles. The predicted octanol–water partition coefficient (Wildman–Crippen LogP) is 3.70. The molecule has 0 N–H and O–H groups in total. The molecule has 0 atom stereocenters. The van der Waals surface area contributed by atoms with Crippen LogP contribution in [0.2, 0.25) is 0 Å². The van der Waals surface area contributed by atoms with E-state index < -0.39 is 0 Å². The summed E-state index contributed by atoms with van der Waals surface area (Å²) in [6.07, 6.45) is 1.87. The minimum atomic E-state index is 0.921. The SMILES string of the molecule is C(=Cc1ccccc1)=Nc1ccccc1. The standard InChI is InChI=1S/C14H11N/c1-3-7-13(8-4-1)11-12-15-14-9-5-2-6-10-14/h1-11H. The van der Waals surface area contributed by atoms with Gasteiger partial charge in [0, 0.05) is 6.08 Å². The zero-order valence-electron chi connectivity index (χ0n) is 8.30. The number of hydrogen-bond acceptors (Lipinski definition) is 1. The van der Waals surface area contributed by atoms with Crippen LogP contribution in [0, 0.1) is 0 Å². The van der Waals surface area contributed by atoms with Crippen molar-refractivity contribution in [3.63, 3.8) is 0 Å². The molecule has 0 fully saturated rings. The highest BCUT2D eigenvalue weighted by molar-refractivity contribution is 5.79. The third kappa shape index (κ3) is 2.94. The van der Waals surface area contributed by atoms with Crippen LogP contribution < -0.4 is 0 Å². The molecule has 1 nitrogen and oxygen atoms in total. The summed E-state index contributed by atoms with van der Waals surface area (Å²) in [6, 6.07) is 19.8. The van der Waals surface area contributed by atoms with Crippen LogP contribution in [0.15, 0.2) is 65.7 Å². The number of benzene rings is 2. The van der Waals surface area contributed by atoms with E-state index in [2.05, 4.69) is 10.9 Å². The molecule has 2 rings (SSSR count). The van der Waals surface area contributed by atoms with Gasteiger partial charge in [-0.05, 0) is 23.6 Å². The van der Waals surface area contributed by atoms with Crippen molar-refractivity contribution in [3.8, 4) is 0 Å². The van der Waals surface area contributed by atoms with Crippen molar-refractivity contribution in [1.29, 1.82) is 0 Å². The maximum Gasteiger partial charge on any atom is 0.0729 e. The lowest BCUT2D eigenvalue weighted by atomic mass is 10.2. The Kier molecular flexibility index (Phi) is 3.11. The summed E-state index contributed by atoms with van der Waals surface area (Å²) in [4.78, 5) is 4.20. The predicted molar refractivity (Wildman–Crippen MR) is 64.4 cm³/mol. The Bertz CT molecular complexity index is 422. The van der Waals surface area contributed by atoms with Crippen molar-refractivity contribution in [2.75, 3.05) is 0 Å². The first-order chi connectivity index (χ1) is 7.45. The Morgan fingerprint density at radius 3 is 2.07 bits per heavy atom. The van der Waals surface area contributed by atoms with E-state index in [-0.39, 0.29) is 0 Å². The number of aliphatic imine (C=N–C) groups is 1. The fraction of sp³-hybridized carbons (Fsp3) is 0. The molecular weight excluding hydrogens is 182 g/mol. The molecule has 72 valence electrons. The number of rotatable bonds is 2. The molecule has 0 aliphatic rings. The van der Waals surface area contributed by atoms with Gasteiger partial charge in [-0.15, -0.1) is 0 Å². The van der Waals surface area contributed by atoms with E-state index in [1.807, 2.05) is 66.7 Å². The third-order valence-corrected chi connectivity index (χ3v) is 1.98. The third-order valence-electron chi connectivity index (χ3n) is 1.98. The van der Waals surface area contributed by atoms with Crippen LogP contribution in [0.1, 0.15) is 5.56 Å². The van der Waals surface area contributed by atoms with E-state index in [1.54, 1.807) is 0 Å². The molecular formula is C14H11N. The second-order valence-corrected chi connectivity index (χ2v) is 3.13. The molecule has 0 unspecified atom stereocenters. The van der Waals surface area contributed by atoms with Crippen molar-refractivity contribution in [1.82, 2.24) is 0 Å². The van der Waals surface area contributed by atoms with E-state index in [0.29, 0.717) is 0 Å². The molecule has 0 spiro atoms. The average molecular weight is 193 g/mol. The molecule has 0 heterocycles. The summed E-state index contributed by atoms with van der Waals surface area (Å²) in [6.45, 7) is 0. The monoisotopic (exact) mass is 193 g/mol. The van der Waals surface area contributed by atoms with Crippen molar-refractivity contribution in [2.45, 2.75) is 0 Å². The Morgan fingerprint density at radius 2 is 1.40 bits per heavy atom. The second kappa shape index (κ2) is 4.94. The van der Waals surface area contributed by atoms with Gasteiger partial charge in [0.05, 0.1) is 5.69 Å². The van der Waals surface area contributed by atoms with Gasteiger partial charge in [-0.3, -0.25) is 0 Å². The lowest BCUT2D eigenvalue weighted by molar-refractivity contribution is 1.55. The van der Waals surface area contributed by atoms with Gasteiger partial charge in [0.25, 0.3) is 0 Å². The van der Waals surface area contributed by atoms with Gasteiger partial charge >= 0.3 is 0 Å². The number of para-hydroxylation sites is 1. The first-order valence-corrected chi connectivity index (χ1v) is 4.85. The zero-order valence-corrected chi connectivity index (χ0v) is 8.30. The van der Waals surface area contributed by atoms with Crippen molar-refractivity contribution < 1.29 is 0 Å². The summed E-state index contributed by atoms with van der Waals surface area (Å²) in [7, 11) is 0. The summed E-state index contributed by atoms with van der Waals surface area (Å²) in [5, 5.41) is 0. The quantitative estimate of drug-likeness (QED) is 0.645. The van der Waals surface area contributed by atoms with Crippen LogP contribution >= 0.6 is 0 Å². The Morgan fingerprint density at radius 1 is 0.800 bits per heavy atom. The molecule has 0 aromatic heterocycles. The molecule has 0 radical (unpaired) electrons. The Balaban J connectivity index is 2.16. The van der Waals surface area contributed by atoms with E-state index >= 15 is 0 Å². The van der Waals surface area contributed by atoms with Crippen LogP contribution in [0.5, 0.6) is 0 Å². The summed E-state index contributed by atoms with van der Waals surface area (Å²) in [5.41, 5.74) is 2.03. The summed E-state index contributed by atoms with van der Waals surface area (Å²) < 4.78 is 0. The maximum absolute atomic E-state index is 4.20. The molecule has 0 aliphatic heterocycles. The highest BCUT2D eigenvalue weighted by Gasteiger charge is 1.82. The van der Waals surface area contributed by atoms with Crippen LogP contribution in [0.4, 0.5) is 5.69 Å². The van der Waals surface area contributed by atoms with E-state index in [0.717, 1.165) is 11.3 Å². The lowest BCUT2D eigenvalue weighted by Gasteiger charge is -1.88. The zero-order chi connectivity index (χ0) is 10.3. The molecule has 2 aromatic carbocycles. The number of hydrogen-bond donors (Lipinski definition) is 0. The van der Waals surface area contributed by atoms with Crippen LogP contribution in [0.25, 0.3) is 6.08 Å². The second-order valence-electron chi connectivity index (χ2n) is 3.13. The van der Waals surface area contributed by atoms with Crippen LogP contribution in [-0.4, -0.2) is 5.87 Å². The minimum Gasteiger partial charge on any atom is -0.206 e. The maximum atomic E-state index is 4.20. The minimum absolute atomic E-state index is 0.921. The molecule has 0 amide bonds. The first-order valence-electron chi connectivity index (χ1n) is 4.85. The van der Waals surface area contributed by atoms with Gasteiger partial charge in [0.15, 0.2) is 0 Å². The van der Waals surface area contributed by atoms with Gasteiger partial charge < -0.3 is 0 Å². The fourth-order valence-corrected chi connectivity index (χ4v) is 1.23. The van der Waals surface area contributed by atoms with Gasteiger partial charge in [-0.25, -0.2) is 4.99 Å². The van der Waals surface area contributed by atoms with E-state index in [1.165, 1.54) is 0 Å². The first kappa shape index (κ1) is 9.45. The molecule has 0 aliphatic carbocycles. The largest absolute Gasteiger partial charge is 0.206 e. The molecule has 15 heavy (non-hydrogen) atoms. The van der Waals surface area contributed by atoms with E-state index in [4.69, 9.17) is 0 Å². The van der Waals surface area contributed by atoms with Crippen molar-refractivity contribution in [2.24, 2.45) is 4.99 Å².